The number of carboxylic acids is 1. The topological polar surface area (TPSA) is 109 Å². The van der Waals surface area contributed by atoms with Gasteiger partial charge in [-0.3, -0.25) is 9.59 Å². The molecule has 0 bridgehead atoms. The van der Waals surface area contributed by atoms with Gasteiger partial charge < -0.3 is 16.2 Å². The van der Waals surface area contributed by atoms with Crippen LogP contribution in [-0.4, -0.2) is 28.9 Å². The van der Waals surface area contributed by atoms with Crippen molar-refractivity contribution in [2.45, 2.75) is 31.7 Å². The van der Waals surface area contributed by atoms with Gasteiger partial charge in [-0.05, 0) is 19.3 Å². The van der Waals surface area contributed by atoms with E-state index in [2.05, 4.69) is 5.32 Å². The molecule has 0 radical (unpaired) electrons. The van der Waals surface area contributed by atoms with Crippen molar-refractivity contribution >= 4 is 17.8 Å². The van der Waals surface area contributed by atoms with Gasteiger partial charge >= 0.3 is 5.97 Å². The summed E-state index contributed by atoms with van der Waals surface area (Å²) in [5.41, 5.74) is 4.94. The number of carbonyl (C=O) groups is 3. The molecule has 0 aromatic rings. The first-order chi connectivity index (χ1) is 8.00. The summed E-state index contributed by atoms with van der Waals surface area (Å²) < 4.78 is 0. The lowest BCUT2D eigenvalue weighted by Crippen LogP contribution is -2.43. The SMILES string of the molecule is NC(=O)CC[C@@H](NC(=O)C1CC=CC1)C(=O)O. The maximum Gasteiger partial charge on any atom is 0.326 e. The molecule has 0 saturated carbocycles. The number of primary amides is 1. The van der Waals surface area contributed by atoms with E-state index < -0.39 is 17.9 Å². The summed E-state index contributed by atoms with van der Waals surface area (Å²) in [6.45, 7) is 0. The standard InChI is InChI=1S/C11H16N2O4/c12-9(14)6-5-8(11(16)17)13-10(15)7-3-1-2-4-7/h1-2,7-8H,3-6H2,(H2,12,14)(H,13,15)(H,16,17)/t8-/m1/s1. The second kappa shape index (κ2) is 6.03. The molecule has 0 aromatic carbocycles. The number of allylic oxidation sites excluding steroid dienone is 2. The van der Waals surface area contributed by atoms with Crippen LogP contribution in [0.1, 0.15) is 25.7 Å². The zero-order chi connectivity index (χ0) is 12.8. The van der Waals surface area contributed by atoms with Gasteiger partial charge in [-0.15, -0.1) is 0 Å². The molecule has 1 rings (SSSR count). The Balaban J connectivity index is 2.45. The third-order valence-electron chi connectivity index (χ3n) is 2.67. The molecule has 0 aromatic heterocycles. The van der Waals surface area contributed by atoms with E-state index in [1.807, 2.05) is 12.2 Å². The number of rotatable bonds is 6. The average Bonchev–Trinajstić information content (AvgIpc) is 2.76. The molecule has 0 unspecified atom stereocenters. The quantitative estimate of drug-likeness (QED) is 0.558. The number of nitrogens with two attached hydrogens (primary N) is 1. The third kappa shape index (κ3) is 4.26. The number of carboxylic acid groups (broad SMARTS) is 1. The number of carbonyl (C=O) groups excluding carboxylic acids is 2. The fourth-order valence-corrected chi connectivity index (χ4v) is 1.66. The van der Waals surface area contributed by atoms with Gasteiger partial charge in [0.2, 0.25) is 11.8 Å². The molecule has 6 nitrogen and oxygen atoms in total. The van der Waals surface area contributed by atoms with Crippen LogP contribution in [0.25, 0.3) is 0 Å². The minimum atomic E-state index is -1.15. The van der Waals surface area contributed by atoms with Gasteiger partial charge in [-0.25, -0.2) is 4.79 Å². The summed E-state index contributed by atoms with van der Waals surface area (Å²) in [5.74, 6) is -2.20. The summed E-state index contributed by atoms with van der Waals surface area (Å²) >= 11 is 0. The van der Waals surface area contributed by atoms with E-state index in [-0.39, 0.29) is 24.7 Å². The molecular formula is C11H16N2O4. The number of nitrogens with one attached hydrogen (secondary N) is 1. The number of hydrogen-bond donors (Lipinski definition) is 3. The predicted octanol–water partition coefficient (Wildman–Crippen LogP) is -0.213. The van der Waals surface area contributed by atoms with Crippen LogP contribution in [0, 0.1) is 5.92 Å². The van der Waals surface area contributed by atoms with Crippen molar-refractivity contribution in [2.24, 2.45) is 11.7 Å². The summed E-state index contributed by atoms with van der Waals surface area (Å²) in [5, 5.41) is 11.3. The second-order valence-corrected chi connectivity index (χ2v) is 4.04. The Morgan fingerprint density at radius 2 is 1.94 bits per heavy atom. The van der Waals surface area contributed by atoms with E-state index in [0.29, 0.717) is 12.8 Å². The van der Waals surface area contributed by atoms with Crippen molar-refractivity contribution in [3.63, 3.8) is 0 Å². The molecule has 4 N–H and O–H groups in total. The van der Waals surface area contributed by atoms with Crippen LogP contribution in [0.5, 0.6) is 0 Å². The fourth-order valence-electron chi connectivity index (χ4n) is 1.66. The van der Waals surface area contributed by atoms with Gasteiger partial charge in [-0.1, -0.05) is 12.2 Å². The van der Waals surface area contributed by atoms with Crippen LogP contribution in [0.4, 0.5) is 0 Å². The molecule has 0 spiro atoms. The van der Waals surface area contributed by atoms with Crippen LogP contribution < -0.4 is 11.1 Å². The van der Waals surface area contributed by atoms with Crippen LogP contribution in [-0.2, 0) is 14.4 Å². The van der Waals surface area contributed by atoms with Gasteiger partial charge in [0.1, 0.15) is 6.04 Å². The van der Waals surface area contributed by atoms with Crippen molar-refractivity contribution < 1.29 is 19.5 Å². The smallest absolute Gasteiger partial charge is 0.326 e. The predicted molar refractivity (Wildman–Crippen MR) is 59.9 cm³/mol. The molecule has 0 fully saturated rings. The number of aliphatic carboxylic acids is 1. The average molecular weight is 240 g/mol. The largest absolute Gasteiger partial charge is 0.480 e. The molecule has 1 aliphatic carbocycles. The van der Waals surface area contributed by atoms with Gasteiger partial charge in [0.15, 0.2) is 0 Å². The van der Waals surface area contributed by atoms with E-state index in [0.717, 1.165) is 0 Å². The van der Waals surface area contributed by atoms with E-state index in [1.54, 1.807) is 0 Å². The molecule has 1 atom stereocenters. The van der Waals surface area contributed by atoms with Gasteiger partial charge in [0.05, 0.1) is 0 Å². The van der Waals surface area contributed by atoms with Crippen LogP contribution >= 0.6 is 0 Å². The minimum absolute atomic E-state index is 0.0244. The van der Waals surface area contributed by atoms with Crippen LogP contribution in [0.2, 0.25) is 0 Å². The highest BCUT2D eigenvalue weighted by molar-refractivity contribution is 5.86. The summed E-state index contributed by atoms with van der Waals surface area (Å²) in [6, 6.07) is -1.05. The first-order valence-electron chi connectivity index (χ1n) is 5.47. The Hall–Kier alpha value is -1.85. The van der Waals surface area contributed by atoms with Crippen molar-refractivity contribution in [3.8, 4) is 0 Å². The molecule has 17 heavy (non-hydrogen) atoms. The highest BCUT2D eigenvalue weighted by Crippen LogP contribution is 2.18. The fraction of sp³-hybridized carbons (Fsp3) is 0.545. The monoisotopic (exact) mass is 240 g/mol. The molecule has 6 heteroatoms. The first kappa shape index (κ1) is 13.2. The van der Waals surface area contributed by atoms with E-state index in [4.69, 9.17) is 10.8 Å². The van der Waals surface area contributed by atoms with Crippen molar-refractivity contribution in [3.05, 3.63) is 12.2 Å². The van der Waals surface area contributed by atoms with Crippen molar-refractivity contribution in [1.82, 2.24) is 5.32 Å². The number of hydrogen-bond acceptors (Lipinski definition) is 3. The van der Waals surface area contributed by atoms with Gasteiger partial charge in [0, 0.05) is 12.3 Å². The summed E-state index contributed by atoms with van der Waals surface area (Å²) in [6.07, 6.45) is 5.02. The number of amides is 2. The highest BCUT2D eigenvalue weighted by Gasteiger charge is 2.25. The maximum absolute atomic E-state index is 11.7. The summed E-state index contributed by atoms with van der Waals surface area (Å²) in [4.78, 5) is 33.1. The first-order valence-corrected chi connectivity index (χ1v) is 5.47. The van der Waals surface area contributed by atoms with E-state index in [9.17, 15) is 14.4 Å². The normalized spacial score (nSPS) is 16.7. The molecule has 94 valence electrons. The lowest BCUT2D eigenvalue weighted by atomic mass is 10.0. The van der Waals surface area contributed by atoms with Gasteiger partial charge in [-0.2, -0.15) is 0 Å². The molecule has 0 saturated heterocycles. The second-order valence-electron chi connectivity index (χ2n) is 4.04. The zero-order valence-electron chi connectivity index (χ0n) is 9.39. The van der Waals surface area contributed by atoms with Gasteiger partial charge in [0.25, 0.3) is 0 Å². The van der Waals surface area contributed by atoms with E-state index >= 15 is 0 Å². The van der Waals surface area contributed by atoms with E-state index in [1.165, 1.54) is 0 Å². The molecule has 2 amide bonds. The minimum Gasteiger partial charge on any atom is -0.480 e. The van der Waals surface area contributed by atoms with Crippen molar-refractivity contribution in [1.29, 1.82) is 0 Å². The Morgan fingerprint density at radius 1 is 1.35 bits per heavy atom. The zero-order valence-corrected chi connectivity index (χ0v) is 9.39. The third-order valence-corrected chi connectivity index (χ3v) is 2.67. The lowest BCUT2D eigenvalue weighted by molar-refractivity contribution is -0.142. The van der Waals surface area contributed by atoms with Crippen LogP contribution in [0.3, 0.4) is 0 Å². The maximum atomic E-state index is 11.7. The molecule has 0 aliphatic heterocycles. The Kier molecular flexibility index (Phi) is 4.68. The van der Waals surface area contributed by atoms with Crippen LogP contribution in [0.15, 0.2) is 12.2 Å². The molecule has 1 aliphatic rings. The highest BCUT2D eigenvalue weighted by atomic mass is 16.4. The Bertz CT molecular complexity index is 343. The molecule has 0 heterocycles. The summed E-state index contributed by atoms with van der Waals surface area (Å²) in [7, 11) is 0. The lowest BCUT2D eigenvalue weighted by Gasteiger charge is -2.16. The molecular weight excluding hydrogens is 224 g/mol. The Labute approximate surface area is 98.9 Å². The van der Waals surface area contributed by atoms with Crippen molar-refractivity contribution in [2.75, 3.05) is 0 Å². The Morgan fingerprint density at radius 3 is 2.41 bits per heavy atom.